The first-order valence-electron chi connectivity index (χ1n) is 6.04. The number of hydrogen-bond acceptors (Lipinski definition) is 6. The number of halogens is 1. The molecule has 1 aromatic heterocycles. The molecule has 96 valence electrons. The van der Waals surface area contributed by atoms with Gasteiger partial charge in [0.25, 0.3) is 0 Å². The molecule has 0 radical (unpaired) electrons. The zero-order valence-electron chi connectivity index (χ0n) is 9.90. The molecule has 0 spiro atoms. The maximum absolute atomic E-state index is 8.86. The van der Waals surface area contributed by atoms with Crippen molar-refractivity contribution < 1.29 is 0 Å². The minimum Gasteiger partial charge on any atom is -0.345 e. The third-order valence-corrected chi connectivity index (χ3v) is 4.88. The van der Waals surface area contributed by atoms with Crippen LogP contribution in [0.25, 0.3) is 0 Å². The Bertz CT molecular complexity index is 470. The number of rotatable bonds is 2. The molecule has 0 aliphatic carbocycles. The van der Waals surface area contributed by atoms with Gasteiger partial charge in [0, 0.05) is 45.3 Å². The summed E-state index contributed by atoms with van der Waals surface area (Å²) in [6.45, 7) is 6.40. The Hall–Kier alpha value is -0.870. The van der Waals surface area contributed by atoms with Crippen LogP contribution in [-0.4, -0.2) is 55.2 Å². The molecule has 2 fully saturated rings. The lowest BCUT2D eigenvalue weighted by molar-refractivity contribution is 0.147. The van der Waals surface area contributed by atoms with Crippen molar-refractivity contribution in [1.29, 1.82) is 5.26 Å². The van der Waals surface area contributed by atoms with Crippen LogP contribution in [-0.2, 0) is 0 Å². The number of aromatic nitrogens is 1. The van der Waals surface area contributed by atoms with Crippen molar-refractivity contribution in [1.82, 2.24) is 15.2 Å². The van der Waals surface area contributed by atoms with Crippen LogP contribution in [0.4, 0.5) is 5.13 Å². The van der Waals surface area contributed by atoms with E-state index in [9.17, 15) is 0 Å². The highest BCUT2D eigenvalue weighted by molar-refractivity contribution is 7.16. The van der Waals surface area contributed by atoms with Gasteiger partial charge >= 0.3 is 0 Å². The summed E-state index contributed by atoms with van der Waals surface area (Å²) < 4.78 is 0. The zero-order chi connectivity index (χ0) is 12.5. The van der Waals surface area contributed by atoms with Gasteiger partial charge in [0.1, 0.15) is 10.9 Å². The molecule has 3 heterocycles. The van der Waals surface area contributed by atoms with Crippen molar-refractivity contribution in [3.8, 4) is 6.07 Å². The number of anilines is 1. The molecule has 0 bridgehead atoms. The Labute approximate surface area is 115 Å². The second kappa shape index (κ2) is 5.02. The summed E-state index contributed by atoms with van der Waals surface area (Å²) in [6, 6.07) is 2.70. The first-order valence-corrected chi connectivity index (χ1v) is 7.23. The number of nitrogens with one attached hydrogen (secondary N) is 1. The molecule has 2 aliphatic rings. The maximum Gasteiger partial charge on any atom is 0.188 e. The highest BCUT2D eigenvalue weighted by Crippen LogP contribution is 2.32. The van der Waals surface area contributed by atoms with Gasteiger partial charge in [0.15, 0.2) is 10.3 Å². The molecule has 7 heteroatoms. The average molecular weight is 284 g/mol. The highest BCUT2D eigenvalue weighted by atomic mass is 35.5. The van der Waals surface area contributed by atoms with E-state index in [0.29, 0.717) is 16.1 Å². The smallest absolute Gasteiger partial charge is 0.188 e. The Morgan fingerprint density at radius 3 is 2.72 bits per heavy atom. The second-order valence-electron chi connectivity index (χ2n) is 4.57. The Morgan fingerprint density at radius 1 is 1.39 bits per heavy atom. The van der Waals surface area contributed by atoms with Crippen LogP contribution in [0.15, 0.2) is 0 Å². The fourth-order valence-electron chi connectivity index (χ4n) is 2.38. The van der Waals surface area contributed by atoms with Crippen molar-refractivity contribution in [3.05, 3.63) is 10.0 Å². The number of piperazine rings is 1. The number of hydrogen-bond donors (Lipinski definition) is 1. The van der Waals surface area contributed by atoms with Gasteiger partial charge in [0.05, 0.1) is 0 Å². The van der Waals surface area contributed by atoms with E-state index in [1.165, 1.54) is 11.3 Å². The Kier molecular flexibility index (Phi) is 3.39. The van der Waals surface area contributed by atoms with Crippen LogP contribution in [0, 0.1) is 11.3 Å². The summed E-state index contributed by atoms with van der Waals surface area (Å²) in [4.78, 5) is 9.47. The average Bonchev–Trinajstić information content (AvgIpc) is 2.70. The monoisotopic (exact) mass is 283 g/mol. The first-order chi connectivity index (χ1) is 8.78. The number of nitriles is 1. The van der Waals surface area contributed by atoms with E-state index in [2.05, 4.69) is 26.2 Å². The fourth-order valence-corrected chi connectivity index (χ4v) is 3.45. The van der Waals surface area contributed by atoms with Crippen molar-refractivity contribution in [2.24, 2.45) is 0 Å². The molecule has 1 N–H and O–H groups in total. The molecule has 0 aromatic carbocycles. The molecule has 0 unspecified atom stereocenters. The van der Waals surface area contributed by atoms with Crippen molar-refractivity contribution in [2.75, 3.05) is 44.2 Å². The molecule has 5 nitrogen and oxygen atoms in total. The van der Waals surface area contributed by atoms with Crippen LogP contribution < -0.4 is 10.2 Å². The molecular formula is C11H14ClN5S. The summed E-state index contributed by atoms with van der Waals surface area (Å²) in [7, 11) is 0. The minimum absolute atomic E-state index is 0.336. The predicted molar refractivity (Wildman–Crippen MR) is 72.3 cm³/mol. The van der Waals surface area contributed by atoms with E-state index in [-0.39, 0.29) is 0 Å². The number of nitrogens with zero attached hydrogens (tertiary/aromatic N) is 4. The van der Waals surface area contributed by atoms with Crippen molar-refractivity contribution >= 4 is 28.1 Å². The normalized spacial score (nSPS) is 21.7. The SMILES string of the molecule is N#Cc1sc(N2CC(N3CCNCC3)C2)nc1Cl. The Balaban J connectivity index is 1.59. The lowest BCUT2D eigenvalue weighted by Crippen LogP contribution is -2.62. The summed E-state index contributed by atoms with van der Waals surface area (Å²) in [5, 5.41) is 13.4. The topological polar surface area (TPSA) is 55.2 Å². The van der Waals surface area contributed by atoms with Crippen LogP contribution in [0.5, 0.6) is 0 Å². The molecule has 3 rings (SSSR count). The van der Waals surface area contributed by atoms with E-state index in [1.807, 2.05) is 0 Å². The Morgan fingerprint density at radius 2 is 2.11 bits per heavy atom. The molecule has 18 heavy (non-hydrogen) atoms. The lowest BCUT2D eigenvalue weighted by atomic mass is 10.1. The van der Waals surface area contributed by atoms with Crippen LogP contribution in [0.3, 0.4) is 0 Å². The summed E-state index contributed by atoms with van der Waals surface area (Å²) in [5.41, 5.74) is 0. The molecule has 1 aromatic rings. The summed E-state index contributed by atoms with van der Waals surface area (Å²) in [6.07, 6.45) is 0. The summed E-state index contributed by atoms with van der Waals surface area (Å²) in [5.74, 6) is 0. The predicted octanol–water partition coefficient (Wildman–Crippen LogP) is 0.762. The molecule has 2 saturated heterocycles. The van der Waals surface area contributed by atoms with Gasteiger partial charge in [-0.2, -0.15) is 5.26 Å². The van der Waals surface area contributed by atoms with Gasteiger partial charge in [-0.05, 0) is 0 Å². The van der Waals surface area contributed by atoms with Crippen LogP contribution in [0.2, 0.25) is 5.15 Å². The molecule has 0 saturated carbocycles. The lowest BCUT2D eigenvalue weighted by Gasteiger charge is -2.46. The van der Waals surface area contributed by atoms with E-state index in [0.717, 1.165) is 44.4 Å². The van der Waals surface area contributed by atoms with Crippen LogP contribution >= 0.6 is 22.9 Å². The van der Waals surface area contributed by atoms with E-state index in [4.69, 9.17) is 16.9 Å². The highest BCUT2D eigenvalue weighted by Gasteiger charge is 2.34. The first kappa shape index (κ1) is 12.2. The number of thiazole rings is 1. The second-order valence-corrected chi connectivity index (χ2v) is 5.91. The van der Waals surface area contributed by atoms with Crippen LogP contribution in [0.1, 0.15) is 4.88 Å². The maximum atomic E-state index is 8.86. The zero-order valence-corrected chi connectivity index (χ0v) is 11.5. The van der Waals surface area contributed by atoms with E-state index < -0.39 is 0 Å². The summed E-state index contributed by atoms with van der Waals surface area (Å²) >= 11 is 7.27. The largest absolute Gasteiger partial charge is 0.345 e. The minimum atomic E-state index is 0.336. The van der Waals surface area contributed by atoms with Gasteiger partial charge < -0.3 is 10.2 Å². The van der Waals surface area contributed by atoms with Gasteiger partial charge in [-0.3, -0.25) is 4.90 Å². The fraction of sp³-hybridized carbons (Fsp3) is 0.636. The van der Waals surface area contributed by atoms with Gasteiger partial charge in [-0.25, -0.2) is 4.98 Å². The van der Waals surface area contributed by atoms with E-state index in [1.54, 1.807) is 0 Å². The van der Waals surface area contributed by atoms with E-state index >= 15 is 0 Å². The molecule has 2 aliphatic heterocycles. The molecule has 0 atom stereocenters. The third-order valence-electron chi connectivity index (χ3n) is 3.48. The standard InChI is InChI=1S/C11H14ClN5S/c12-10-9(5-13)18-11(15-10)17-6-8(7-17)16-3-1-14-2-4-16/h8,14H,1-4,6-7H2. The van der Waals surface area contributed by atoms with Gasteiger partial charge in [-0.1, -0.05) is 22.9 Å². The third kappa shape index (κ3) is 2.19. The quantitative estimate of drug-likeness (QED) is 0.869. The van der Waals surface area contributed by atoms with Crippen molar-refractivity contribution in [3.63, 3.8) is 0 Å². The van der Waals surface area contributed by atoms with Gasteiger partial charge in [-0.15, -0.1) is 0 Å². The van der Waals surface area contributed by atoms with Crippen molar-refractivity contribution in [2.45, 2.75) is 6.04 Å². The molecule has 0 amide bonds. The van der Waals surface area contributed by atoms with Gasteiger partial charge in [0.2, 0.25) is 0 Å². The molecular weight excluding hydrogens is 270 g/mol.